The molecule has 0 aliphatic rings. The summed E-state index contributed by atoms with van der Waals surface area (Å²) in [5.41, 5.74) is 13.5. The number of carbonyl (C=O) groups is 2. The van der Waals surface area contributed by atoms with Crippen molar-refractivity contribution in [2.24, 2.45) is 5.73 Å². The highest BCUT2D eigenvalue weighted by Gasteiger charge is 2.11. The van der Waals surface area contributed by atoms with Gasteiger partial charge in [-0.25, -0.2) is 9.97 Å². The van der Waals surface area contributed by atoms with Gasteiger partial charge in [0.25, 0.3) is 0 Å². The Balaban J connectivity index is 1.95. The summed E-state index contributed by atoms with van der Waals surface area (Å²) in [4.78, 5) is 31.2. The Morgan fingerprint density at radius 2 is 1.88 bits per heavy atom. The molecule has 0 radical (unpaired) electrons. The molecule has 0 spiro atoms. The van der Waals surface area contributed by atoms with E-state index in [2.05, 4.69) is 15.3 Å². The molecule has 5 N–H and O–H groups in total. The van der Waals surface area contributed by atoms with Gasteiger partial charge >= 0.3 is 0 Å². The van der Waals surface area contributed by atoms with Crippen molar-refractivity contribution >= 4 is 46.0 Å². The predicted octanol–water partition coefficient (Wildman–Crippen LogP) is 2.74. The molecule has 0 aliphatic heterocycles. The van der Waals surface area contributed by atoms with Gasteiger partial charge in [0.05, 0.1) is 11.2 Å². The summed E-state index contributed by atoms with van der Waals surface area (Å²) in [6, 6.07) is 12.4. The van der Waals surface area contributed by atoms with Crippen LogP contribution in [0.2, 0.25) is 5.02 Å². The molecule has 3 rings (SSSR count). The maximum Gasteiger partial charge on any atom is 0.224 e. The number of fused-ring (bicyclic) bond motifs is 1. The summed E-state index contributed by atoms with van der Waals surface area (Å²) in [5, 5.41) is 4.05. The fourth-order valence-corrected chi connectivity index (χ4v) is 2.72. The van der Waals surface area contributed by atoms with Crippen molar-refractivity contribution in [1.29, 1.82) is 0 Å². The highest BCUT2D eigenvalue weighted by Crippen LogP contribution is 2.30. The fraction of sp³-hybridized carbons (Fsp3) is 0.111. The van der Waals surface area contributed by atoms with Gasteiger partial charge in [0, 0.05) is 34.5 Å². The number of benzene rings is 2. The van der Waals surface area contributed by atoms with Crippen LogP contribution in [0.15, 0.2) is 42.5 Å². The second-order valence-corrected chi connectivity index (χ2v) is 6.12. The third-order valence-electron chi connectivity index (χ3n) is 3.69. The number of nitrogen functional groups attached to an aromatic ring is 1. The van der Waals surface area contributed by atoms with E-state index in [0.29, 0.717) is 21.9 Å². The fourth-order valence-electron chi connectivity index (χ4n) is 2.54. The van der Waals surface area contributed by atoms with E-state index in [9.17, 15) is 9.59 Å². The number of nitrogens with zero attached hydrogens (tertiary/aromatic N) is 2. The van der Waals surface area contributed by atoms with Crippen molar-refractivity contribution in [3.05, 3.63) is 47.5 Å². The van der Waals surface area contributed by atoms with Crippen LogP contribution in [-0.4, -0.2) is 21.8 Å². The molecule has 1 aromatic heterocycles. The summed E-state index contributed by atoms with van der Waals surface area (Å²) >= 11 is 6.10. The lowest BCUT2D eigenvalue weighted by molar-refractivity contribution is -0.122. The lowest BCUT2D eigenvalue weighted by Gasteiger charge is -2.10. The molecule has 0 saturated heterocycles. The first-order valence-corrected chi connectivity index (χ1v) is 8.21. The molecular formula is C18H16ClN5O2. The van der Waals surface area contributed by atoms with E-state index < -0.39 is 5.91 Å². The number of hydrogen-bond donors (Lipinski definition) is 3. The predicted molar refractivity (Wildman–Crippen MR) is 101 cm³/mol. The monoisotopic (exact) mass is 369 g/mol. The number of amides is 2. The molecule has 0 fully saturated rings. The highest BCUT2D eigenvalue weighted by molar-refractivity contribution is 6.31. The SMILES string of the molecule is NC(=O)CCC(=O)Nc1cccc(-c2nc(N)nc3ccc(Cl)cc23)c1. The van der Waals surface area contributed by atoms with Gasteiger partial charge in [-0.05, 0) is 30.3 Å². The molecule has 0 atom stereocenters. The minimum absolute atomic E-state index is 0.00287. The first-order chi connectivity index (χ1) is 12.4. The lowest BCUT2D eigenvalue weighted by atomic mass is 10.1. The van der Waals surface area contributed by atoms with E-state index in [0.717, 1.165) is 10.9 Å². The molecule has 2 amide bonds. The second kappa shape index (κ2) is 7.37. The molecule has 0 bridgehead atoms. The first-order valence-electron chi connectivity index (χ1n) is 7.84. The summed E-state index contributed by atoms with van der Waals surface area (Å²) in [6.07, 6.45) is 0.0235. The van der Waals surface area contributed by atoms with Crippen molar-refractivity contribution in [3.8, 4) is 11.3 Å². The summed E-state index contributed by atoms with van der Waals surface area (Å²) in [6.45, 7) is 0. The first kappa shape index (κ1) is 17.6. The van der Waals surface area contributed by atoms with Gasteiger partial charge in [0.1, 0.15) is 0 Å². The van der Waals surface area contributed by atoms with Crippen LogP contribution >= 0.6 is 11.6 Å². The molecule has 132 valence electrons. The summed E-state index contributed by atoms with van der Waals surface area (Å²) in [5.74, 6) is -0.671. The van der Waals surface area contributed by atoms with E-state index >= 15 is 0 Å². The molecule has 3 aromatic rings. The van der Waals surface area contributed by atoms with Gasteiger partial charge in [0.2, 0.25) is 17.8 Å². The Bertz CT molecular complexity index is 1010. The summed E-state index contributed by atoms with van der Waals surface area (Å²) in [7, 11) is 0. The normalized spacial score (nSPS) is 10.7. The third kappa shape index (κ3) is 4.07. The molecular weight excluding hydrogens is 354 g/mol. The van der Waals surface area contributed by atoms with Crippen LogP contribution in [0.1, 0.15) is 12.8 Å². The van der Waals surface area contributed by atoms with Crippen LogP contribution in [-0.2, 0) is 9.59 Å². The molecule has 7 nitrogen and oxygen atoms in total. The minimum Gasteiger partial charge on any atom is -0.370 e. The van der Waals surface area contributed by atoms with Crippen LogP contribution in [0.5, 0.6) is 0 Å². The largest absolute Gasteiger partial charge is 0.370 e. The topological polar surface area (TPSA) is 124 Å². The van der Waals surface area contributed by atoms with Gasteiger partial charge in [0.15, 0.2) is 0 Å². The number of anilines is 2. The van der Waals surface area contributed by atoms with Crippen molar-refractivity contribution in [2.75, 3.05) is 11.1 Å². The number of hydrogen-bond acceptors (Lipinski definition) is 5. The van der Waals surface area contributed by atoms with Gasteiger partial charge in [-0.2, -0.15) is 0 Å². The Kier molecular flexibility index (Phi) is 4.99. The van der Waals surface area contributed by atoms with Gasteiger partial charge in [-0.15, -0.1) is 0 Å². The van der Waals surface area contributed by atoms with E-state index in [-0.39, 0.29) is 24.7 Å². The molecule has 8 heteroatoms. The zero-order valence-corrected chi connectivity index (χ0v) is 14.5. The average molecular weight is 370 g/mol. The molecule has 26 heavy (non-hydrogen) atoms. The number of nitrogens with one attached hydrogen (secondary N) is 1. The van der Waals surface area contributed by atoms with Crippen LogP contribution in [0.3, 0.4) is 0 Å². The maximum atomic E-state index is 11.9. The zero-order valence-electron chi connectivity index (χ0n) is 13.7. The molecule has 1 heterocycles. The number of rotatable bonds is 5. The standard InChI is InChI=1S/C18H16ClN5O2/c19-11-4-5-14-13(9-11)17(24-18(21)23-14)10-2-1-3-12(8-10)22-16(26)7-6-15(20)25/h1-5,8-9H,6-7H2,(H2,20,25)(H,22,26)(H2,21,23,24). The third-order valence-corrected chi connectivity index (χ3v) is 3.93. The van der Waals surface area contributed by atoms with Gasteiger partial charge in [-0.3, -0.25) is 9.59 Å². The van der Waals surface area contributed by atoms with E-state index in [1.807, 2.05) is 6.07 Å². The smallest absolute Gasteiger partial charge is 0.224 e. The van der Waals surface area contributed by atoms with Gasteiger partial charge in [-0.1, -0.05) is 23.7 Å². The molecule has 2 aromatic carbocycles. The van der Waals surface area contributed by atoms with Crippen LogP contribution in [0.4, 0.5) is 11.6 Å². The van der Waals surface area contributed by atoms with Crippen molar-refractivity contribution in [1.82, 2.24) is 9.97 Å². The Morgan fingerprint density at radius 3 is 2.65 bits per heavy atom. The molecule has 0 saturated carbocycles. The second-order valence-electron chi connectivity index (χ2n) is 5.69. The minimum atomic E-state index is -0.520. The number of carbonyl (C=O) groups excluding carboxylic acids is 2. The molecule has 0 unspecified atom stereocenters. The quantitative estimate of drug-likeness (QED) is 0.637. The number of nitrogens with two attached hydrogens (primary N) is 2. The highest BCUT2D eigenvalue weighted by atomic mass is 35.5. The van der Waals surface area contributed by atoms with Crippen LogP contribution in [0, 0.1) is 0 Å². The van der Waals surface area contributed by atoms with Crippen molar-refractivity contribution in [3.63, 3.8) is 0 Å². The lowest BCUT2D eigenvalue weighted by Crippen LogP contribution is -2.17. The number of halogens is 1. The van der Waals surface area contributed by atoms with E-state index in [1.54, 1.807) is 36.4 Å². The van der Waals surface area contributed by atoms with Crippen molar-refractivity contribution in [2.45, 2.75) is 12.8 Å². The number of aromatic nitrogens is 2. The maximum absolute atomic E-state index is 11.9. The zero-order chi connectivity index (χ0) is 18.7. The Morgan fingerprint density at radius 1 is 1.08 bits per heavy atom. The van der Waals surface area contributed by atoms with Crippen LogP contribution < -0.4 is 16.8 Å². The number of primary amides is 1. The molecule has 0 aliphatic carbocycles. The Labute approximate surface area is 154 Å². The van der Waals surface area contributed by atoms with E-state index in [1.165, 1.54) is 0 Å². The average Bonchev–Trinajstić information content (AvgIpc) is 2.60. The Hall–Kier alpha value is -3.19. The van der Waals surface area contributed by atoms with Gasteiger partial charge < -0.3 is 16.8 Å². The van der Waals surface area contributed by atoms with Crippen molar-refractivity contribution < 1.29 is 9.59 Å². The van der Waals surface area contributed by atoms with E-state index in [4.69, 9.17) is 23.1 Å². The summed E-state index contributed by atoms with van der Waals surface area (Å²) < 4.78 is 0. The van der Waals surface area contributed by atoms with Crippen LogP contribution in [0.25, 0.3) is 22.2 Å².